The van der Waals surface area contributed by atoms with Gasteiger partial charge in [-0.1, -0.05) is 0 Å². The Labute approximate surface area is 138 Å². The van der Waals surface area contributed by atoms with Crippen LogP contribution in [0.4, 0.5) is 0 Å². The zero-order chi connectivity index (χ0) is 16.1. The summed E-state index contributed by atoms with van der Waals surface area (Å²) in [6.07, 6.45) is 10.1. The minimum Gasteiger partial charge on any atom is -0.459 e. The van der Waals surface area contributed by atoms with Crippen molar-refractivity contribution in [1.82, 2.24) is 4.90 Å². The number of hydrogen-bond acceptors (Lipinski definition) is 4. The van der Waals surface area contributed by atoms with Gasteiger partial charge in [0.05, 0.1) is 6.61 Å². The van der Waals surface area contributed by atoms with Gasteiger partial charge in [0.15, 0.2) is 5.76 Å². The normalized spacial score (nSPS) is 28.2. The molecule has 1 amide bonds. The number of allylic oxidation sites excluding steroid dienone is 1. The van der Waals surface area contributed by atoms with E-state index in [0.717, 1.165) is 45.2 Å². The molecule has 0 aromatic rings. The van der Waals surface area contributed by atoms with E-state index < -0.39 is 0 Å². The van der Waals surface area contributed by atoms with Crippen LogP contribution in [0.5, 0.6) is 0 Å². The van der Waals surface area contributed by atoms with Crippen LogP contribution in [0.2, 0.25) is 0 Å². The van der Waals surface area contributed by atoms with Crippen molar-refractivity contribution in [1.29, 1.82) is 0 Å². The number of carbonyl (C=O) groups excluding carboxylic acids is 1. The topological polar surface area (TPSA) is 59.0 Å². The Morgan fingerprint density at radius 2 is 2.04 bits per heavy atom. The van der Waals surface area contributed by atoms with E-state index in [-0.39, 0.29) is 18.8 Å². The van der Waals surface area contributed by atoms with E-state index in [2.05, 4.69) is 6.08 Å². The highest BCUT2D eigenvalue weighted by atomic mass is 16.7. The van der Waals surface area contributed by atoms with Crippen molar-refractivity contribution in [3.63, 3.8) is 0 Å². The lowest BCUT2D eigenvalue weighted by Crippen LogP contribution is -2.39. The average molecular weight is 323 g/mol. The van der Waals surface area contributed by atoms with Crippen molar-refractivity contribution in [3.8, 4) is 0 Å². The van der Waals surface area contributed by atoms with Gasteiger partial charge in [0, 0.05) is 26.1 Å². The van der Waals surface area contributed by atoms with Crippen molar-refractivity contribution in [2.24, 2.45) is 11.8 Å². The molecule has 1 aliphatic carbocycles. The van der Waals surface area contributed by atoms with Crippen molar-refractivity contribution in [2.45, 2.75) is 57.7 Å². The molecule has 130 valence electrons. The number of nitrogens with zero attached hydrogens (tertiary/aromatic N) is 1. The Bertz CT molecular complexity index is 427. The second-order valence-corrected chi connectivity index (χ2v) is 6.97. The number of aliphatic hydroxyl groups is 1. The summed E-state index contributed by atoms with van der Waals surface area (Å²) in [7, 11) is 0. The van der Waals surface area contributed by atoms with Crippen molar-refractivity contribution < 1.29 is 19.4 Å². The van der Waals surface area contributed by atoms with Crippen molar-refractivity contribution in [2.75, 3.05) is 26.3 Å². The number of likely N-dealkylation sites (tertiary alicyclic amines) is 1. The molecule has 2 heterocycles. The van der Waals surface area contributed by atoms with Crippen LogP contribution >= 0.6 is 0 Å². The molecule has 23 heavy (non-hydrogen) atoms. The maximum Gasteiger partial charge on any atom is 0.288 e. The lowest BCUT2D eigenvalue weighted by molar-refractivity contribution is -0.156. The largest absolute Gasteiger partial charge is 0.459 e. The average Bonchev–Trinajstić information content (AvgIpc) is 3.44. The van der Waals surface area contributed by atoms with Crippen LogP contribution in [0.25, 0.3) is 0 Å². The zero-order valence-electron chi connectivity index (χ0n) is 13.9. The number of carbonyl (C=O) groups is 1. The van der Waals surface area contributed by atoms with Gasteiger partial charge < -0.3 is 19.5 Å². The summed E-state index contributed by atoms with van der Waals surface area (Å²) < 4.78 is 11.7. The quantitative estimate of drug-likeness (QED) is 0.731. The van der Waals surface area contributed by atoms with E-state index in [1.165, 1.54) is 19.3 Å². The van der Waals surface area contributed by atoms with E-state index in [0.29, 0.717) is 24.2 Å². The van der Waals surface area contributed by atoms with E-state index in [9.17, 15) is 4.79 Å². The van der Waals surface area contributed by atoms with Gasteiger partial charge in [-0.05, 0) is 62.9 Å². The Morgan fingerprint density at radius 3 is 2.74 bits per heavy atom. The van der Waals surface area contributed by atoms with Gasteiger partial charge in [-0.3, -0.25) is 4.79 Å². The first-order valence-electron chi connectivity index (χ1n) is 9.18. The Balaban J connectivity index is 1.58. The number of amides is 1. The van der Waals surface area contributed by atoms with Gasteiger partial charge in [-0.15, -0.1) is 0 Å². The Kier molecular flexibility index (Phi) is 5.95. The van der Waals surface area contributed by atoms with Gasteiger partial charge in [-0.25, -0.2) is 0 Å². The first kappa shape index (κ1) is 16.8. The highest BCUT2D eigenvalue weighted by Gasteiger charge is 2.38. The molecule has 0 unspecified atom stereocenters. The summed E-state index contributed by atoms with van der Waals surface area (Å²) in [6.45, 7) is 2.46. The highest BCUT2D eigenvalue weighted by molar-refractivity contribution is 5.91. The number of piperidine rings is 1. The molecule has 3 aliphatic rings. The SMILES string of the molecule is O=C(C1=C[C@H](C2CC2)C[C@H](OCCCCO)O1)N1CCCCC1. The number of aliphatic hydroxyl groups excluding tert-OH is 1. The standard InChI is InChI=1S/C18H29NO4/c20-10-4-5-11-22-17-13-15(14-6-7-14)12-16(23-17)18(21)19-8-2-1-3-9-19/h12,14-15,17,20H,1-11,13H2/t15-,17+/m0/s1. The predicted molar refractivity (Wildman–Crippen MR) is 86.5 cm³/mol. The Hall–Kier alpha value is -1.07. The zero-order valence-corrected chi connectivity index (χ0v) is 13.9. The molecule has 0 radical (unpaired) electrons. The second kappa shape index (κ2) is 8.15. The molecule has 2 atom stereocenters. The van der Waals surface area contributed by atoms with Gasteiger partial charge in [0.2, 0.25) is 6.29 Å². The highest BCUT2D eigenvalue weighted by Crippen LogP contribution is 2.43. The molecule has 1 saturated carbocycles. The van der Waals surface area contributed by atoms with E-state index >= 15 is 0 Å². The summed E-state index contributed by atoms with van der Waals surface area (Å²) in [5.41, 5.74) is 0. The van der Waals surface area contributed by atoms with Crippen molar-refractivity contribution >= 4 is 5.91 Å². The van der Waals surface area contributed by atoms with E-state index in [1.807, 2.05) is 4.90 Å². The van der Waals surface area contributed by atoms with Gasteiger partial charge in [0.1, 0.15) is 0 Å². The third kappa shape index (κ3) is 4.70. The molecular weight excluding hydrogens is 294 g/mol. The summed E-state index contributed by atoms with van der Waals surface area (Å²) >= 11 is 0. The summed E-state index contributed by atoms with van der Waals surface area (Å²) in [5.74, 6) is 1.66. The van der Waals surface area contributed by atoms with Crippen molar-refractivity contribution in [3.05, 3.63) is 11.8 Å². The maximum atomic E-state index is 12.7. The molecule has 2 fully saturated rings. The molecule has 0 spiro atoms. The monoisotopic (exact) mass is 323 g/mol. The van der Waals surface area contributed by atoms with Crippen LogP contribution in [0, 0.1) is 11.8 Å². The first-order valence-corrected chi connectivity index (χ1v) is 9.18. The van der Waals surface area contributed by atoms with Crippen LogP contribution < -0.4 is 0 Å². The molecule has 0 aromatic heterocycles. The number of hydrogen-bond donors (Lipinski definition) is 1. The predicted octanol–water partition coefficient (Wildman–Crippen LogP) is 2.44. The molecule has 5 heteroatoms. The third-order valence-electron chi connectivity index (χ3n) is 5.03. The van der Waals surface area contributed by atoms with Crippen LogP contribution in [0.1, 0.15) is 51.4 Å². The minimum atomic E-state index is -0.312. The fourth-order valence-corrected chi connectivity index (χ4v) is 3.47. The molecule has 1 saturated heterocycles. The first-order chi connectivity index (χ1) is 11.3. The smallest absolute Gasteiger partial charge is 0.288 e. The fraction of sp³-hybridized carbons (Fsp3) is 0.833. The van der Waals surface area contributed by atoms with E-state index in [1.54, 1.807) is 0 Å². The molecular formula is C18H29NO4. The maximum absolute atomic E-state index is 12.7. The lowest BCUT2D eigenvalue weighted by Gasteiger charge is -2.33. The third-order valence-corrected chi connectivity index (χ3v) is 5.03. The molecule has 2 aliphatic heterocycles. The van der Waals surface area contributed by atoms with Crippen LogP contribution in [0.3, 0.4) is 0 Å². The number of unbranched alkanes of at least 4 members (excludes halogenated alkanes) is 1. The second-order valence-electron chi connectivity index (χ2n) is 6.97. The molecule has 1 N–H and O–H groups in total. The van der Waals surface area contributed by atoms with Crippen LogP contribution in [-0.4, -0.2) is 48.5 Å². The van der Waals surface area contributed by atoms with Crippen LogP contribution in [-0.2, 0) is 14.3 Å². The fourth-order valence-electron chi connectivity index (χ4n) is 3.47. The van der Waals surface area contributed by atoms with Gasteiger partial charge in [0.25, 0.3) is 5.91 Å². The molecule has 0 aromatic carbocycles. The molecule has 3 rings (SSSR count). The number of rotatable bonds is 7. The Morgan fingerprint density at radius 1 is 1.26 bits per heavy atom. The summed E-state index contributed by atoms with van der Waals surface area (Å²) in [4.78, 5) is 14.6. The number of ether oxygens (including phenoxy) is 2. The minimum absolute atomic E-state index is 0.0407. The van der Waals surface area contributed by atoms with E-state index in [4.69, 9.17) is 14.6 Å². The summed E-state index contributed by atoms with van der Waals surface area (Å²) in [5, 5.41) is 8.84. The molecule has 0 bridgehead atoms. The van der Waals surface area contributed by atoms with Gasteiger partial charge >= 0.3 is 0 Å². The van der Waals surface area contributed by atoms with Crippen LogP contribution in [0.15, 0.2) is 11.8 Å². The lowest BCUT2D eigenvalue weighted by atomic mass is 9.96. The summed E-state index contributed by atoms with van der Waals surface area (Å²) in [6, 6.07) is 0. The van der Waals surface area contributed by atoms with Gasteiger partial charge in [-0.2, -0.15) is 0 Å². The molecule has 5 nitrogen and oxygen atoms in total.